The fourth-order valence-electron chi connectivity index (χ4n) is 2.40. The minimum absolute atomic E-state index is 0.430. The Kier molecular flexibility index (Phi) is 3.19. The van der Waals surface area contributed by atoms with Crippen molar-refractivity contribution >= 4 is 0 Å². The molecule has 2 atom stereocenters. The van der Waals surface area contributed by atoms with Crippen LogP contribution in [0, 0.1) is 0 Å². The van der Waals surface area contributed by atoms with E-state index in [0.29, 0.717) is 12.1 Å². The zero-order chi connectivity index (χ0) is 9.10. The topological polar surface area (TPSA) is 24.5 Å². The van der Waals surface area contributed by atoms with Crippen LogP contribution < -0.4 is 5.32 Å². The third-order valence-electron chi connectivity index (χ3n) is 3.21. The van der Waals surface area contributed by atoms with Gasteiger partial charge in [-0.1, -0.05) is 6.42 Å². The van der Waals surface area contributed by atoms with Gasteiger partial charge in [-0.05, 0) is 26.4 Å². The summed E-state index contributed by atoms with van der Waals surface area (Å²) in [6, 6.07) is 0.654. The molecule has 2 saturated heterocycles. The summed E-state index contributed by atoms with van der Waals surface area (Å²) in [4.78, 5) is 2.46. The molecule has 0 bridgehead atoms. The zero-order valence-electron chi connectivity index (χ0n) is 8.46. The summed E-state index contributed by atoms with van der Waals surface area (Å²) in [5.74, 6) is 0. The number of rotatable bonds is 1. The van der Waals surface area contributed by atoms with Gasteiger partial charge in [-0.2, -0.15) is 0 Å². The molecule has 3 nitrogen and oxygen atoms in total. The summed E-state index contributed by atoms with van der Waals surface area (Å²) in [5.41, 5.74) is 0. The van der Waals surface area contributed by atoms with E-state index in [2.05, 4.69) is 17.3 Å². The molecule has 0 spiro atoms. The number of piperidine rings is 1. The molecule has 1 N–H and O–H groups in total. The van der Waals surface area contributed by atoms with Crippen molar-refractivity contribution in [2.45, 2.75) is 31.4 Å². The normalized spacial score (nSPS) is 37.6. The third kappa shape index (κ3) is 2.22. The molecule has 0 saturated carbocycles. The van der Waals surface area contributed by atoms with Gasteiger partial charge in [0.25, 0.3) is 0 Å². The largest absolute Gasteiger partial charge is 0.374 e. The lowest BCUT2D eigenvalue weighted by Gasteiger charge is -2.39. The number of nitrogens with one attached hydrogen (secondary N) is 1. The van der Waals surface area contributed by atoms with Crippen LogP contribution in [0.1, 0.15) is 19.3 Å². The number of likely N-dealkylation sites (tertiary alicyclic amines) is 1. The molecule has 76 valence electrons. The Bertz CT molecular complexity index is 157. The average molecular weight is 184 g/mol. The van der Waals surface area contributed by atoms with Gasteiger partial charge in [-0.25, -0.2) is 0 Å². The smallest absolute Gasteiger partial charge is 0.0854 e. The number of nitrogens with zero attached hydrogens (tertiary/aromatic N) is 1. The molecule has 2 aliphatic heterocycles. The lowest BCUT2D eigenvalue weighted by atomic mass is 9.97. The van der Waals surface area contributed by atoms with Gasteiger partial charge < -0.3 is 15.0 Å². The first-order valence-electron chi connectivity index (χ1n) is 5.40. The summed E-state index contributed by atoms with van der Waals surface area (Å²) < 4.78 is 5.78. The average Bonchev–Trinajstić information content (AvgIpc) is 2.20. The zero-order valence-corrected chi connectivity index (χ0v) is 8.46. The lowest BCUT2D eigenvalue weighted by molar-refractivity contribution is -0.0360. The van der Waals surface area contributed by atoms with Gasteiger partial charge in [0.15, 0.2) is 0 Å². The van der Waals surface area contributed by atoms with Crippen molar-refractivity contribution in [2.75, 3.05) is 33.3 Å². The summed E-state index contributed by atoms with van der Waals surface area (Å²) >= 11 is 0. The lowest BCUT2D eigenvalue weighted by Crippen LogP contribution is -2.52. The van der Waals surface area contributed by atoms with Gasteiger partial charge in [0.05, 0.1) is 12.7 Å². The van der Waals surface area contributed by atoms with E-state index in [-0.39, 0.29) is 0 Å². The molecule has 2 unspecified atom stereocenters. The van der Waals surface area contributed by atoms with Crippen LogP contribution in [0.3, 0.4) is 0 Å². The summed E-state index contributed by atoms with van der Waals surface area (Å²) in [6.07, 6.45) is 4.46. The minimum atomic E-state index is 0.430. The van der Waals surface area contributed by atoms with Gasteiger partial charge in [0, 0.05) is 19.1 Å². The Balaban J connectivity index is 1.88. The van der Waals surface area contributed by atoms with Crippen molar-refractivity contribution in [3.8, 4) is 0 Å². The van der Waals surface area contributed by atoms with Crippen molar-refractivity contribution in [1.82, 2.24) is 10.2 Å². The van der Waals surface area contributed by atoms with Crippen LogP contribution in [0.25, 0.3) is 0 Å². The molecule has 0 aliphatic carbocycles. The van der Waals surface area contributed by atoms with Gasteiger partial charge >= 0.3 is 0 Å². The first-order valence-corrected chi connectivity index (χ1v) is 5.40. The number of morpholine rings is 1. The van der Waals surface area contributed by atoms with E-state index >= 15 is 0 Å². The highest BCUT2D eigenvalue weighted by atomic mass is 16.5. The molecule has 0 aromatic carbocycles. The number of hydrogen-bond acceptors (Lipinski definition) is 3. The summed E-state index contributed by atoms with van der Waals surface area (Å²) in [7, 11) is 2.22. The van der Waals surface area contributed by atoms with Crippen LogP contribution in [-0.2, 0) is 4.74 Å². The highest BCUT2D eigenvalue weighted by molar-refractivity contribution is 4.84. The van der Waals surface area contributed by atoms with Crippen molar-refractivity contribution in [3.63, 3.8) is 0 Å². The Morgan fingerprint density at radius 1 is 1.38 bits per heavy atom. The highest BCUT2D eigenvalue weighted by Gasteiger charge is 2.29. The van der Waals surface area contributed by atoms with Crippen LogP contribution in [-0.4, -0.2) is 50.3 Å². The molecular weight excluding hydrogens is 164 g/mol. The standard InChI is InChI=1S/C10H20N2O/c1-12-6-3-2-4-9(12)10-8-11-5-7-13-10/h9-11H,2-8H2,1H3. The fourth-order valence-corrected chi connectivity index (χ4v) is 2.40. The van der Waals surface area contributed by atoms with E-state index in [1.54, 1.807) is 0 Å². The maximum absolute atomic E-state index is 5.78. The maximum Gasteiger partial charge on any atom is 0.0854 e. The highest BCUT2D eigenvalue weighted by Crippen LogP contribution is 2.20. The minimum Gasteiger partial charge on any atom is -0.374 e. The van der Waals surface area contributed by atoms with Crippen molar-refractivity contribution < 1.29 is 4.74 Å². The van der Waals surface area contributed by atoms with E-state index in [9.17, 15) is 0 Å². The second-order valence-corrected chi connectivity index (χ2v) is 4.16. The molecular formula is C10H20N2O. The molecule has 2 rings (SSSR count). The summed E-state index contributed by atoms with van der Waals surface area (Å²) in [5, 5.41) is 3.40. The van der Waals surface area contributed by atoms with Gasteiger partial charge in [-0.3, -0.25) is 0 Å². The van der Waals surface area contributed by atoms with E-state index in [4.69, 9.17) is 4.74 Å². The van der Waals surface area contributed by atoms with Gasteiger partial charge in [0.1, 0.15) is 0 Å². The fraction of sp³-hybridized carbons (Fsp3) is 1.00. The monoisotopic (exact) mass is 184 g/mol. The van der Waals surface area contributed by atoms with Crippen LogP contribution in [0.15, 0.2) is 0 Å². The predicted molar refractivity (Wildman–Crippen MR) is 52.9 cm³/mol. The van der Waals surface area contributed by atoms with E-state index in [1.165, 1.54) is 25.8 Å². The molecule has 0 amide bonds. The Hall–Kier alpha value is -0.120. The van der Waals surface area contributed by atoms with E-state index in [0.717, 1.165) is 19.7 Å². The van der Waals surface area contributed by atoms with Crippen molar-refractivity contribution in [3.05, 3.63) is 0 Å². The molecule has 0 aromatic rings. The van der Waals surface area contributed by atoms with Crippen LogP contribution in [0.4, 0.5) is 0 Å². The van der Waals surface area contributed by atoms with Gasteiger partial charge in [0.2, 0.25) is 0 Å². The number of hydrogen-bond donors (Lipinski definition) is 1. The predicted octanol–water partition coefficient (Wildman–Crippen LogP) is 0.459. The second-order valence-electron chi connectivity index (χ2n) is 4.16. The second kappa shape index (κ2) is 4.40. The Morgan fingerprint density at radius 3 is 3.00 bits per heavy atom. The molecule has 2 heterocycles. The first-order chi connectivity index (χ1) is 6.38. The van der Waals surface area contributed by atoms with E-state index in [1.807, 2.05) is 0 Å². The van der Waals surface area contributed by atoms with Crippen molar-refractivity contribution in [2.24, 2.45) is 0 Å². The number of likely N-dealkylation sites (N-methyl/N-ethyl adjacent to an activating group) is 1. The summed E-state index contributed by atoms with van der Waals surface area (Å²) in [6.45, 7) is 4.18. The van der Waals surface area contributed by atoms with Crippen LogP contribution in [0.5, 0.6) is 0 Å². The molecule has 2 aliphatic rings. The molecule has 0 radical (unpaired) electrons. The molecule has 13 heavy (non-hydrogen) atoms. The van der Waals surface area contributed by atoms with Crippen molar-refractivity contribution in [1.29, 1.82) is 0 Å². The quantitative estimate of drug-likeness (QED) is 0.641. The molecule has 2 fully saturated rings. The number of ether oxygens (including phenoxy) is 1. The first kappa shape index (κ1) is 9.44. The van der Waals surface area contributed by atoms with Crippen LogP contribution in [0.2, 0.25) is 0 Å². The van der Waals surface area contributed by atoms with Crippen LogP contribution >= 0.6 is 0 Å². The third-order valence-corrected chi connectivity index (χ3v) is 3.21. The Morgan fingerprint density at radius 2 is 2.31 bits per heavy atom. The maximum atomic E-state index is 5.78. The Labute approximate surface area is 80.4 Å². The van der Waals surface area contributed by atoms with Gasteiger partial charge in [-0.15, -0.1) is 0 Å². The molecule has 3 heteroatoms. The SMILES string of the molecule is CN1CCCCC1C1CNCCO1. The molecule has 0 aromatic heterocycles. The van der Waals surface area contributed by atoms with E-state index < -0.39 is 0 Å².